The molecule has 0 aliphatic heterocycles. The molecule has 1 heterocycles. The Bertz CT molecular complexity index is 783. The van der Waals surface area contributed by atoms with E-state index in [1.165, 1.54) is 30.5 Å². The highest BCUT2D eigenvalue weighted by atomic mass is 16.6. The number of aromatic nitrogens is 1. The molecule has 108 valence electrons. The first-order chi connectivity index (χ1) is 9.90. The van der Waals surface area contributed by atoms with Crippen molar-refractivity contribution in [3.63, 3.8) is 0 Å². The molecule has 9 nitrogen and oxygen atoms in total. The Morgan fingerprint density at radius 3 is 2.33 bits per heavy atom. The number of hydrogen-bond donors (Lipinski definition) is 1. The van der Waals surface area contributed by atoms with Gasteiger partial charge in [-0.05, 0) is 17.7 Å². The normalized spacial score (nSPS) is 10.3. The summed E-state index contributed by atoms with van der Waals surface area (Å²) >= 11 is 0. The summed E-state index contributed by atoms with van der Waals surface area (Å²) in [6.07, 6.45) is 1.40. The number of anilines is 1. The molecule has 0 radical (unpaired) electrons. The molecule has 0 spiro atoms. The van der Waals surface area contributed by atoms with Crippen LogP contribution in [0.1, 0.15) is 5.56 Å². The predicted octanol–water partition coefficient (Wildman–Crippen LogP) is 1.30. The lowest BCUT2D eigenvalue weighted by atomic mass is 10.1. The van der Waals surface area contributed by atoms with Crippen LogP contribution in [0, 0.1) is 20.2 Å². The molecule has 0 saturated heterocycles. The van der Waals surface area contributed by atoms with Crippen molar-refractivity contribution in [2.75, 3.05) is 5.73 Å². The molecule has 0 saturated carbocycles. The average Bonchev–Trinajstić information content (AvgIpc) is 2.40. The standard InChI is InChI=1S/C12H10N4O5/c13-9-6-8(3-4-10(9)15(18)19)7-14-5-1-2-11(12(14)17)16(20)21/h1-6H,7,13H2. The Kier molecular flexibility index (Phi) is 3.65. The lowest BCUT2D eigenvalue weighted by Gasteiger charge is -2.06. The largest absolute Gasteiger partial charge is 0.393 e. The van der Waals surface area contributed by atoms with E-state index in [9.17, 15) is 25.0 Å². The first-order valence-electron chi connectivity index (χ1n) is 5.77. The minimum absolute atomic E-state index is 0.0305. The molecule has 2 aromatic rings. The third-order valence-corrected chi connectivity index (χ3v) is 2.84. The van der Waals surface area contributed by atoms with Crippen LogP contribution in [-0.4, -0.2) is 14.4 Å². The third kappa shape index (κ3) is 2.86. The molecule has 2 N–H and O–H groups in total. The maximum absolute atomic E-state index is 11.9. The van der Waals surface area contributed by atoms with E-state index in [-0.39, 0.29) is 17.9 Å². The molecular weight excluding hydrogens is 280 g/mol. The highest BCUT2D eigenvalue weighted by Gasteiger charge is 2.15. The summed E-state index contributed by atoms with van der Waals surface area (Å²) in [4.78, 5) is 31.8. The van der Waals surface area contributed by atoms with E-state index < -0.39 is 21.1 Å². The lowest BCUT2D eigenvalue weighted by Crippen LogP contribution is -2.22. The van der Waals surface area contributed by atoms with Gasteiger partial charge in [0.25, 0.3) is 5.69 Å². The molecule has 9 heteroatoms. The van der Waals surface area contributed by atoms with Gasteiger partial charge in [-0.3, -0.25) is 25.0 Å². The molecule has 21 heavy (non-hydrogen) atoms. The Morgan fingerprint density at radius 1 is 1.10 bits per heavy atom. The molecule has 0 atom stereocenters. The second-order valence-corrected chi connectivity index (χ2v) is 4.23. The average molecular weight is 290 g/mol. The highest BCUT2D eigenvalue weighted by molar-refractivity contribution is 5.59. The van der Waals surface area contributed by atoms with E-state index in [1.807, 2.05) is 0 Å². The molecular formula is C12H10N4O5. The Labute approximate surface area is 117 Å². The van der Waals surface area contributed by atoms with E-state index in [0.717, 1.165) is 10.6 Å². The van der Waals surface area contributed by atoms with Gasteiger partial charge >= 0.3 is 11.2 Å². The zero-order valence-electron chi connectivity index (χ0n) is 10.6. The summed E-state index contributed by atoms with van der Waals surface area (Å²) in [5, 5.41) is 21.4. The summed E-state index contributed by atoms with van der Waals surface area (Å²) in [5.74, 6) is 0. The van der Waals surface area contributed by atoms with Crippen LogP contribution in [0.2, 0.25) is 0 Å². The van der Waals surface area contributed by atoms with Gasteiger partial charge in [-0.1, -0.05) is 6.07 Å². The first kappa shape index (κ1) is 14.2. The quantitative estimate of drug-likeness (QED) is 0.512. The van der Waals surface area contributed by atoms with Crippen LogP contribution in [0.15, 0.2) is 41.3 Å². The minimum Gasteiger partial charge on any atom is -0.393 e. The molecule has 2 rings (SSSR count). The van der Waals surface area contributed by atoms with E-state index in [4.69, 9.17) is 5.73 Å². The van der Waals surface area contributed by atoms with Crippen LogP contribution in [-0.2, 0) is 6.54 Å². The topological polar surface area (TPSA) is 134 Å². The fraction of sp³-hybridized carbons (Fsp3) is 0.0833. The van der Waals surface area contributed by atoms with Crippen LogP contribution >= 0.6 is 0 Å². The Balaban J connectivity index is 2.37. The van der Waals surface area contributed by atoms with Crippen molar-refractivity contribution < 1.29 is 9.85 Å². The number of nitrogen functional groups attached to an aromatic ring is 1. The summed E-state index contributed by atoms with van der Waals surface area (Å²) in [7, 11) is 0. The lowest BCUT2D eigenvalue weighted by molar-refractivity contribution is -0.386. The monoisotopic (exact) mass is 290 g/mol. The third-order valence-electron chi connectivity index (χ3n) is 2.84. The number of nitrogens with zero attached hydrogens (tertiary/aromatic N) is 3. The van der Waals surface area contributed by atoms with Gasteiger partial charge in [0.05, 0.1) is 16.4 Å². The molecule has 0 aliphatic carbocycles. The summed E-state index contributed by atoms with van der Waals surface area (Å²) in [6.45, 7) is 0.0305. The molecule has 0 aliphatic rings. The van der Waals surface area contributed by atoms with E-state index in [2.05, 4.69) is 0 Å². The SMILES string of the molecule is Nc1cc(Cn2cccc([N+](=O)[O-])c2=O)ccc1[N+](=O)[O-]. The van der Waals surface area contributed by atoms with Crippen molar-refractivity contribution in [3.8, 4) is 0 Å². The van der Waals surface area contributed by atoms with E-state index in [0.29, 0.717) is 5.56 Å². The van der Waals surface area contributed by atoms with Crippen LogP contribution in [0.5, 0.6) is 0 Å². The first-order valence-corrected chi connectivity index (χ1v) is 5.77. The van der Waals surface area contributed by atoms with Crippen LogP contribution in [0.25, 0.3) is 0 Å². The number of nitrogens with two attached hydrogens (primary N) is 1. The Hall–Kier alpha value is -3.23. The minimum atomic E-state index is -0.761. The number of nitro benzene ring substituents is 1. The second kappa shape index (κ2) is 5.41. The van der Waals surface area contributed by atoms with Crippen molar-refractivity contribution in [1.29, 1.82) is 0 Å². The Morgan fingerprint density at radius 2 is 1.76 bits per heavy atom. The smallest absolute Gasteiger partial charge is 0.334 e. The number of hydrogen-bond acceptors (Lipinski definition) is 6. The van der Waals surface area contributed by atoms with Crippen LogP contribution in [0.3, 0.4) is 0 Å². The number of nitro groups is 2. The summed E-state index contributed by atoms with van der Waals surface area (Å²) in [6, 6.07) is 6.54. The maximum atomic E-state index is 11.9. The van der Waals surface area contributed by atoms with Crippen LogP contribution in [0.4, 0.5) is 17.1 Å². The summed E-state index contributed by atoms with van der Waals surface area (Å²) < 4.78 is 1.14. The fourth-order valence-electron chi connectivity index (χ4n) is 1.85. The van der Waals surface area contributed by atoms with Gasteiger partial charge in [-0.15, -0.1) is 0 Å². The zero-order valence-corrected chi connectivity index (χ0v) is 10.6. The van der Waals surface area contributed by atoms with Gasteiger partial charge < -0.3 is 10.3 Å². The number of pyridine rings is 1. The van der Waals surface area contributed by atoms with Crippen molar-refractivity contribution in [2.45, 2.75) is 6.54 Å². The molecule has 0 unspecified atom stereocenters. The molecule has 0 bridgehead atoms. The maximum Gasteiger partial charge on any atom is 0.334 e. The molecule has 1 aromatic carbocycles. The van der Waals surface area contributed by atoms with Gasteiger partial charge in [-0.25, -0.2) is 0 Å². The number of benzene rings is 1. The zero-order chi connectivity index (χ0) is 15.6. The van der Waals surface area contributed by atoms with Gasteiger partial charge in [-0.2, -0.15) is 0 Å². The molecule has 0 amide bonds. The van der Waals surface area contributed by atoms with Crippen LogP contribution < -0.4 is 11.3 Å². The van der Waals surface area contributed by atoms with Gasteiger partial charge in [0.2, 0.25) is 0 Å². The van der Waals surface area contributed by atoms with Gasteiger partial charge in [0.1, 0.15) is 5.69 Å². The second-order valence-electron chi connectivity index (χ2n) is 4.23. The van der Waals surface area contributed by atoms with Crippen molar-refractivity contribution >= 4 is 17.1 Å². The van der Waals surface area contributed by atoms with E-state index >= 15 is 0 Å². The molecule has 1 aromatic heterocycles. The van der Waals surface area contributed by atoms with Crippen molar-refractivity contribution in [2.24, 2.45) is 0 Å². The van der Waals surface area contributed by atoms with Crippen molar-refractivity contribution in [1.82, 2.24) is 4.57 Å². The van der Waals surface area contributed by atoms with Gasteiger partial charge in [0.15, 0.2) is 0 Å². The predicted molar refractivity (Wildman–Crippen MR) is 74.0 cm³/mol. The highest BCUT2D eigenvalue weighted by Crippen LogP contribution is 2.22. The van der Waals surface area contributed by atoms with Gasteiger partial charge in [0, 0.05) is 18.3 Å². The van der Waals surface area contributed by atoms with Crippen molar-refractivity contribution in [3.05, 3.63) is 72.7 Å². The number of rotatable bonds is 4. The molecule has 0 fully saturated rings. The van der Waals surface area contributed by atoms with E-state index in [1.54, 1.807) is 0 Å². The fourth-order valence-corrected chi connectivity index (χ4v) is 1.85. The summed E-state index contributed by atoms with van der Waals surface area (Å²) in [5.41, 5.74) is 4.54.